The third-order valence-corrected chi connectivity index (χ3v) is 4.99. The Morgan fingerprint density at radius 3 is 2.41 bits per heavy atom. The van der Waals surface area contributed by atoms with E-state index in [0.717, 1.165) is 16.7 Å². The van der Waals surface area contributed by atoms with E-state index in [4.69, 9.17) is 11.6 Å². The number of halogens is 1. The second kappa shape index (κ2) is 11.2. The molecule has 1 unspecified atom stereocenters. The Hall–Kier alpha value is -2.86. The van der Waals surface area contributed by atoms with Gasteiger partial charge < -0.3 is 16.0 Å². The number of ketones is 1. The summed E-state index contributed by atoms with van der Waals surface area (Å²) in [4.78, 5) is 36.6. The zero-order valence-corrected chi connectivity index (χ0v) is 17.4. The largest absolute Gasteiger partial charge is 0.345 e. The summed E-state index contributed by atoms with van der Waals surface area (Å²) in [5, 5.41) is 8.47. The Labute approximate surface area is 176 Å². The van der Waals surface area contributed by atoms with Gasteiger partial charge in [0.1, 0.15) is 0 Å². The van der Waals surface area contributed by atoms with Crippen LogP contribution in [0.25, 0.3) is 0 Å². The van der Waals surface area contributed by atoms with Gasteiger partial charge in [-0.2, -0.15) is 0 Å². The smallest absolute Gasteiger partial charge is 0.315 e. The van der Waals surface area contributed by atoms with Gasteiger partial charge in [0.05, 0.1) is 12.6 Å². The molecule has 7 heteroatoms. The number of carbonyl (C=O) groups excluding carboxylic acids is 3. The van der Waals surface area contributed by atoms with Crippen molar-refractivity contribution in [2.75, 3.05) is 6.54 Å². The van der Waals surface area contributed by atoms with Crippen molar-refractivity contribution < 1.29 is 14.4 Å². The summed E-state index contributed by atoms with van der Waals surface area (Å²) in [6.07, 6.45) is 0.653. The van der Waals surface area contributed by atoms with Crippen LogP contribution in [-0.4, -0.2) is 30.3 Å². The summed E-state index contributed by atoms with van der Waals surface area (Å²) in [7, 11) is 0. The number of benzene rings is 2. The lowest BCUT2D eigenvalue weighted by Crippen LogP contribution is -2.47. The van der Waals surface area contributed by atoms with Crippen molar-refractivity contribution in [2.45, 2.75) is 39.3 Å². The van der Waals surface area contributed by atoms with E-state index in [1.165, 1.54) is 0 Å². The maximum atomic E-state index is 12.6. The standard InChI is InChI=1S/C22H26ClN3O3/c1-3-19(20(27)12-17-10-7-11-18(23)15(17)2)26-21(28)14-25-22(29)24-13-16-8-5-4-6-9-16/h4-11,19H,3,12-14H2,1-2H3,(H,26,28)(H2,24,25,29). The number of nitrogens with one attached hydrogen (secondary N) is 3. The normalized spacial score (nSPS) is 11.4. The van der Waals surface area contributed by atoms with Crippen molar-refractivity contribution in [1.82, 2.24) is 16.0 Å². The van der Waals surface area contributed by atoms with Crippen LogP contribution in [0.2, 0.25) is 5.02 Å². The summed E-state index contributed by atoms with van der Waals surface area (Å²) < 4.78 is 0. The molecule has 6 nitrogen and oxygen atoms in total. The highest BCUT2D eigenvalue weighted by atomic mass is 35.5. The SMILES string of the molecule is CCC(NC(=O)CNC(=O)NCc1ccccc1)C(=O)Cc1cccc(Cl)c1C. The van der Waals surface area contributed by atoms with E-state index < -0.39 is 18.0 Å². The Morgan fingerprint density at radius 1 is 1.00 bits per heavy atom. The van der Waals surface area contributed by atoms with Gasteiger partial charge in [0.2, 0.25) is 5.91 Å². The number of amides is 3. The van der Waals surface area contributed by atoms with Crippen LogP contribution >= 0.6 is 11.6 Å². The molecule has 0 aromatic heterocycles. The fourth-order valence-electron chi connectivity index (χ4n) is 2.81. The lowest BCUT2D eigenvalue weighted by molar-refractivity contribution is -0.127. The highest BCUT2D eigenvalue weighted by molar-refractivity contribution is 6.31. The van der Waals surface area contributed by atoms with Gasteiger partial charge in [-0.3, -0.25) is 9.59 Å². The fourth-order valence-corrected chi connectivity index (χ4v) is 3.01. The molecule has 2 rings (SSSR count). The zero-order valence-electron chi connectivity index (χ0n) is 16.6. The molecule has 0 aliphatic heterocycles. The summed E-state index contributed by atoms with van der Waals surface area (Å²) in [5.74, 6) is -0.511. The minimum Gasteiger partial charge on any atom is -0.345 e. The van der Waals surface area contributed by atoms with Crippen molar-refractivity contribution in [3.05, 3.63) is 70.2 Å². The van der Waals surface area contributed by atoms with E-state index in [0.29, 0.717) is 18.0 Å². The fraction of sp³-hybridized carbons (Fsp3) is 0.318. The molecule has 1 atom stereocenters. The van der Waals surface area contributed by atoms with E-state index in [1.807, 2.05) is 50.2 Å². The molecule has 3 amide bonds. The topological polar surface area (TPSA) is 87.3 Å². The number of urea groups is 1. The predicted octanol–water partition coefficient (Wildman–Crippen LogP) is 3.15. The van der Waals surface area contributed by atoms with Crippen molar-refractivity contribution in [1.29, 1.82) is 0 Å². The van der Waals surface area contributed by atoms with Crippen molar-refractivity contribution in [3.63, 3.8) is 0 Å². The van der Waals surface area contributed by atoms with Crippen LogP contribution in [-0.2, 0) is 22.6 Å². The quantitative estimate of drug-likeness (QED) is 0.588. The van der Waals surface area contributed by atoms with Crippen LogP contribution in [0.1, 0.15) is 30.0 Å². The predicted molar refractivity (Wildman–Crippen MR) is 114 cm³/mol. The van der Waals surface area contributed by atoms with Crippen molar-refractivity contribution >= 4 is 29.3 Å². The summed E-state index contributed by atoms with van der Waals surface area (Å²) in [6.45, 7) is 3.85. The lowest BCUT2D eigenvalue weighted by Gasteiger charge is -2.17. The molecule has 3 N–H and O–H groups in total. The molecule has 0 saturated heterocycles. The second-order valence-electron chi connectivity index (χ2n) is 6.72. The van der Waals surface area contributed by atoms with Crippen molar-refractivity contribution in [2.24, 2.45) is 0 Å². The first-order chi connectivity index (χ1) is 13.9. The van der Waals surface area contributed by atoms with Gasteiger partial charge in [-0.1, -0.05) is 61.0 Å². The molecule has 154 valence electrons. The van der Waals surface area contributed by atoms with Crippen LogP contribution in [0.4, 0.5) is 4.79 Å². The lowest BCUT2D eigenvalue weighted by atomic mass is 9.98. The second-order valence-corrected chi connectivity index (χ2v) is 7.12. The number of hydrogen-bond acceptors (Lipinski definition) is 3. The molecule has 0 fully saturated rings. The Morgan fingerprint density at radius 2 is 1.72 bits per heavy atom. The van der Waals surface area contributed by atoms with Crippen LogP contribution in [0.3, 0.4) is 0 Å². The molecule has 0 aliphatic rings. The van der Waals surface area contributed by atoms with Crippen LogP contribution in [0.5, 0.6) is 0 Å². The van der Waals surface area contributed by atoms with Gasteiger partial charge in [0.15, 0.2) is 5.78 Å². The molecule has 0 heterocycles. The van der Waals surface area contributed by atoms with Gasteiger partial charge >= 0.3 is 6.03 Å². The highest BCUT2D eigenvalue weighted by Gasteiger charge is 2.20. The molecular weight excluding hydrogens is 390 g/mol. The molecule has 0 bridgehead atoms. The summed E-state index contributed by atoms with van der Waals surface area (Å²) in [6, 6.07) is 13.8. The highest BCUT2D eigenvalue weighted by Crippen LogP contribution is 2.19. The number of rotatable bonds is 9. The first-order valence-corrected chi connectivity index (χ1v) is 9.90. The molecule has 2 aromatic rings. The molecular formula is C22H26ClN3O3. The average molecular weight is 416 g/mol. The van der Waals surface area contributed by atoms with Gasteiger partial charge in [0.25, 0.3) is 0 Å². The van der Waals surface area contributed by atoms with Crippen molar-refractivity contribution in [3.8, 4) is 0 Å². The van der Waals surface area contributed by atoms with Gasteiger partial charge in [-0.05, 0) is 36.1 Å². The van der Waals surface area contributed by atoms with E-state index >= 15 is 0 Å². The third-order valence-electron chi connectivity index (χ3n) is 4.58. The average Bonchev–Trinajstić information content (AvgIpc) is 2.73. The van der Waals surface area contributed by atoms with Crippen LogP contribution in [0, 0.1) is 6.92 Å². The maximum absolute atomic E-state index is 12.6. The third kappa shape index (κ3) is 7.23. The van der Waals surface area contributed by atoms with Gasteiger partial charge in [-0.25, -0.2) is 4.79 Å². The summed E-state index contributed by atoms with van der Waals surface area (Å²) >= 11 is 6.10. The Balaban J connectivity index is 1.79. The van der Waals surface area contributed by atoms with Crippen LogP contribution < -0.4 is 16.0 Å². The maximum Gasteiger partial charge on any atom is 0.315 e. The molecule has 0 aliphatic carbocycles. The molecule has 2 aromatic carbocycles. The van der Waals surface area contributed by atoms with E-state index in [9.17, 15) is 14.4 Å². The zero-order chi connectivity index (χ0) is 21.2. The van der Waals surface area contributed by atoms with Gasteiger partial charge in [-0.15, -0.1) is 0 Å². The first kappa shape index (κ1) is 22.4. The number of hydrogen-bond donors (Lipinski definition) is 3. The minimum atomic E-state index is -0.616. The molecule has 0 saturated carbocycles. The number of Topliss-reactive ketones (excluding diaryl/α,β-unsaturated/α-hetero) is 1. The van der Waals surface area contributed by atoms with Crippen LogP contribution in [0.15, 0.2) is 48.5 Å². The van der Waals surface area contributed by atoms with E-state index in [2.05, 4.69) is 16.0 Å². The summed E-state index contributed by atoms with van der Waals surface area (Å²) in [5.41, 5.74) is 2.66. The molecule has 0 spiro atoms. The Bertz CT molecular complexity index is 856. The first-order valence-electron chi connectivity index (χ1n) is 9.52. The van der Waals surface area contributed by atoms with Gasteiger partial charge in [0, 0.05) is 18.0 Å². The van der Waals surface area contributed by atoms with E-state index in [1.54, 1.807) is 12.1 Å². The Kier molecular flexibility index (Phi) is 8.68. The minimum absolute atomic E-state index is 0.0975. The monoisotopic (exact) mass is 415 g/mol. The number of carbonyl (C=O) groups is 3. The molecule has 29 heavy (non-hydrogen) atoms. The molecule has 0 radical (unpaired) electrons. The van der Waals surface area contributed by atoms with E-state index in [-0.39, 0.29) is 18.7 Å².